The Kier molecular flexibility index (Phi) is 4.23. The van der Waals surface area contributed by atoms with Crippen molar-refractivity contribution in [3.05, 3.63) is 0 Å². The number of amides is 2. The first kappa shape index (κ1) is 12.6. The van der Waals surface area contributed by atoms with Crippen molar-refractivity contribution in [3.63, 3.8) is 0 Å². The summed E-state index contributed by atoms with van der Waals surface area (Å²) < 4.78 is 5.95. The van der Waals surface area contributed by atoms with Gasteiger partial charge in [0.15, 0.2) is 0 Å². The van der Waals surface area contributed by atoms with E-state index >= 15 is 0 Å². The predicted molar refractivity (Wildman–Crippen MR) is 66.0 cm³/mol. The monoisotopic (exact) mass is 241 g/mol. The third kappa shape index (κ3) is 3.57. The number of rotatable bonds is 3. The lowest BCUT2D eigenvalue weighted by Crippen LogP contribution is -2.59. The van der Waals surface area contributed by atoms with E-state index in [1.54, 1.807) is 0 Å². The van der Waals surface area contributed by atoms with Gasteiger partial charge in [-0.05, 0) is 39.8 Å². The number of urea groups is 1. The number of hydrogen-bond donors (Lipinski definition) is 2. The van der Waals surface area contributed by atoms with Crippen LogP contribution in [0.4, 0.5) is 4.79 Å². The zero-order valence-electron chi connectivity index (χ0n) is 10.7. The summed E-state index contributed by atoms with van der Waals surface area (Å²) in [5, 5.41) is 6.21. The van der Waals surface area contributed by atoms with Gasteiger partial charge in [-0.15, -0.1) is 0 Å². The maximum Gasteiger partial charge on any atom is 0.317 e. The Bertz CT molecular complexity index is 258. The zero-order valence-corrected chi connectivity index (χ0v) is 10.7. The average Bonchev–Trinajstić information content (AvgIpc) is 2.23. The Labute approximate surface area is 103 Å². The molecule has 2 amide bonds. The Hall–Kier alpha value is -0.810. The van der Waals surface area contributed by atoms with Crippen LogP contribution in [-0.2, 0) is 4.74 Å². The van der Waals surface area contributed by atoms with Crippen LogP contribution >= 0.6 is 0 Å². The molecule has 0 aromatic heterocycles. The van der Waals surface area contributed by atoms with E-state index in [1.165, 1.54) is 0 Å². The Morgan fingerprint density at radius 3 is 2.53 bits per heavy atom. The lowest BCUT2D eigenvalue weighted by atomic mass is 10.1. The Morgan fingerprint density at radius 1 is 1.29 bits per heavy atom. The minimum Gasteiger partial charge on any atom is -0.371 e. The minimum absolute atomic E-state index is 0.0326. The van der Waals surface area contributed by atoms with E-state index in [0.29, 0.717) is 6.10 Å². The molecule has 0 radical (unpaired) electrons. The van der Waals surface area contributed by atoms with Crippen molar-refractivity contribution in [2.24, 2.45) is 0 Å². The summed E-state index contributed by atoms with van der Waals surface area (Å²) >= 11 is 0. The van der Waals surface area contributed by atoms with Crippen LogP contribution in [0.3, 0.4) is 0 Å². The smallest absolute Gasteiger partial charge is 0.317 e. The maximum atomic E-state index is 11.6. The van der Waals surface area contributed by atoms with Gasteiger partial charge in [0.05, 0.1) is 25.3 Å². The largest absolute Gasteiger partial charge is 0.371 e. The molecule has 0 saturated carbocycles. The molecule has 0 aromatic rings. The molecule has 17 heavy (non-hydrogen) atoms. The van der Waals surface area contributed by atoms with Crippen LogP contribution in [-0.4, -0.2) is 55.4 Å². The van der Waals surface area contributed by atoms with Gasteiger partial charge in [0.25, 0.3) is 0 Å². The van der Waals surface area contributed by atoms with Gasteiger partial charge in [0.2, 0.25) is 0 Å². The molecule has 2 rings (SSSR count). The molecule has 5 heteroatoms. The molecule has 2 saturated heterocycles. The molecule has 5 nitrogen and oxygen atoms in total. The first-order valence-corrected chi connectivity index (χ1v) is 6.57. The predicted octanol–water partition coefficient (Wildman–Crippen LogP) is 0.557. The van der Waals surface area contributed by atoms with Crippen LogP contribution in [0, 0.1) is 0 Å². The SMILES string of the molecule is CC(C)NC(=O)N1CC(OC2CCNCC2)C1. The average molecular weight is 241 g/mol. The van der Waals surface area contributed by atoms with Crippen LogP contribution in [0.1, 0.15) is 26.7 Å². The highest BCUT2D eigenvalue weighted by Gasteiger charge is 2.33. The summed E-state index contributed by atoms with van der Waals surface area (Å²) in [6.07, 6.45) is 2.82. The molecular weight excluding hydrogens is 218 g/mol. The molecule has 0 bridgehead atoms. The molecular formula is C12H23N3O2. The van der Waals surface area contributed by atoms with Crippen LogP contribution in [0.15, 0.2) is 0 Å². The van der Waals surface area contributed by atoms with Crippen molar-refractivity contribution >= 4 is 6.03 Å². The standard InChI is InChI=1S/C12H23N3O2/c1-9(2)14-12(16)15-7-11(8-15)17-10-3-5-13-6-4-10/h9-11,13H,3-8H2,1-2H3,(H,14,16). The first-order valence-electron chi connectivity index (χ1n) is 6.57. The number of ether oxygens (including phenoxy) is 1. The second kappa shape index (κ2) is 5.69. The van der Waals surface area contributed by atoms with Crippen LogP contribution in [0.5, 0.6) is 0 Å². The van der Waals surface area contributed by atoms with Gasteiger partial charge in [0, 0.05) is 6.04 Å². The van der Waals surface area contributed by atoms with Gasteiger partial charge in [-0.3, -0.25) is 0 Å². The minimum atomic E-state index is 0.0326. The van der Waals surface area contributed by atoms with Gasteiger partial charge in [0.1, 0.15) is 0 Å². The summed E-state index contributed by atoms with van der Waals surface area (Å²) in [7, 11) is 0. The zero-order chi connectivity index (χ0) is 12.3. The Balaban J connectivity index is 1.63. The van der Waals surface area contributed by atoms with E-state index in [4.69, 9.17) is 4.74 Å². The summed E-state index contributed by atoms with van der Waals surface area (Å²) in [5.41, 5.74) is 0. The fourth-order valence-corrected chi connectivity index (χ4v) is 2.23. The summed E-state index contributed by atoms with van der Waals surface area (Å²) in [4.78, 5) is 13.4. The number of nitrogens with one attached hydrogen (secondary N) is 2. The fourth-order valence-electron chi connectivity index (χ4n) is 2.23. The Morgan fingerprint density at radius 2 is 1.94 bits per heavy atom. The van der Waals surface area contributed by atoms with Crippen LogP contribution in [0.2, 0.25) is 0 Å². The third-order valence-corrected chi connectivity index (χ3v) is 3.22. The molecule has 98 valence electrons. The quantitative estimate of drug-likeness (QED) is 0.759. The van der Waals surface area contributed by atoms with E-state index in [2.05, 4.69) is 10.6 Å². The van der Waals surface area contributed by atoms with E-state index in [1.807, 2.05) is 18.7 Å². The fraction of sp³-hybridized carbons (Fsp3) is 0.917. The summed E-state index contributed by atoms with van der Waals surface area (Å²) in [6.45, 7) is 7.52. The number of hydrogen-bond acceptors (Lipinski definition) is 3. The highest BCUT2D eigenvalue weighted by Crippen LogP contribution is 2.17. The highest BCUT2D eigenvalue weighted by atomic mass is 16.5. The molecule has 2 N–H and O–H groups in total. The van der Waals surface area contributed by atoms with E-state index in [-0.39, 0.29) is 18.2 Å². The van der Waals surface area contributed by atoms with E-state index < -0.39 is 0 Å². The molecule has 0 unspecified atom stereocenters. The first-order chi connectivity index (χ1) is 8.15. The molecule has 0 aliphatic carbocycles. The molecule has 2 fully saturated rings. The van der Waals surface area contributed by atoms with E-state index in [9.17, 15) is 4.79 Å². The van der Waals surface area contributed by atoms with Crippen molar-refractivity contribution in [1.29, 1.82) is 0 Å². The molecule has 2 aliphatic rings. The molecule has 2 heterocycles. The number of carbonyl (C=O) groups excluding carboxylic acids is 1. The van der Waals surface area contributed by atoms with Crippen molar-refractivity contribution < 1.29 is 9.53 Å². The van der Waals surface area contributed by atoms with Crippen molar-refractivity contribution in [1.82, 2.24) is 15.5 Å². The second-order valence-corrected chi connectivity index (χ2v) is 5.22. The molecule has 0 aromatic carbocycles. The number of likely N-dealkylation sites (tertiary alicyclic amines) is 1. The number of piperidine rings is 1. The second-order valence-electron chi connectivity index (χ2n) is 5.22. The van der Waals surface area contributed by atoms with Gasteiger partial charge < -0.3 is 20.3 Å². The summed E-state index contributed by atoms with van der Waals surface area (Å²) in [5.74, 6) is 0. The van der Waals surface area contributed by atoms with Crippen molar-refractivity contribution in [2.75, 3.05) is 26.2 Å². The van der Waals surface area contributed by atoms with Gasteiger partial charge in [-0.2, -0.15) is 0 Å². The number of carbonyl (C=O) groups is 1. The highest BCUT2D eigenvalue weighted by molar-refractivity contribution is 5.75. The molecule has 2 aliphatic heterocycles. The van der Waals surface area contributed by atoms with Crippen LogP contribution < -0.4 is 10.6 Å². The lowest BCUT2D eigenvalue weighted by molar-refractivity contribution is -0.0853. The molecule has 0 spiro atoms. The van der Waals surface area contributed by atoms with Crippen LogP contribution in [0.25, 0.3) is 0 Å². The maximum absolute atomic E-state index is 11.6. The van der Waals surface area contributed by atoms with Gasteiger partial charge >= 0.3 is 6.03 Å². The lowest BCUT2D eigenvalue weighted by Gasteiger charge is -2.41. The number of nitrogens with zero attached hydrogens (tertiary/aromatic N) is 1. The van der Waals surface area contributed by atoms with Gasteiger partial charge in [-0.25, -0.2) is 4.79 Å². The van der Waals surface area contributed by atoms with E-state index in [0.717, 1.165) is 39.0 Å². The van der Waals surface area contributed by atoms with Gasteiger partial charge in [-0.1, -0.05) is 0 Å². The third-order valence-electron chi connectivity index (χ3n) is 3.22. The summed E-state index contributed by atoms with van der Waals surface area (Å²) in [6, 6.07) is 0.233. The van der Waals surface area contributed by atoms with Crippen molar-refractivity contribution in [3.8, 4) is 0 Å². The molecule has 0 atom stereocenters. The normalized spacial score (nSPS) is 22.6. The topological polar surface area (TPSA) is 53.6 Å². The van der Waals surface area contributed by atoms with Crippen molar-refractivity contribution in [2.45, 2.75) is 44.9 Å².